The fraction of sp³-hybridized carbons (Fsp3) is 0.438. The van der Waals surface area contributed by atoms with Crippen LogP contribution in [0.5, 0.6) is 0 Å². The van der Waals surface area contributed by atoms with Gasteiger partial charge in [0, 0.05) is 32.0 Å². The second-order valence-electron chi connectivity index (χ2n) is 5.60. The topological polar surface area (TPSA) is 34.2 Å². The van der Waals surface area contributed by atoms with E-state index in [1.165, 1.54) is 18.4 Å². The van der Waals surface area contributed by atoms with Gasteiger partial charge in [-0.05, 0) is 38.0 Å². The summed E-state index contributed by atoms with van der Waals surface area (Å²) in [5, 5.41) is 0. The molecule has 4 nitrogen and oxygen atoms in total. The van der Waals surface area contributed by atoms with E-state index in [9.17, 15) is 0 Å². The molecule has 20 heavy (non-hydrogen) atoms. The molecule has 1 aliphatic rings. The van der Waals surface area contributed by atoms with Gasteiger partial charge in [-0.3, -0.25) is 4.90 Å². The molecule has 0 bridgehead atoms. The molecule has 0 saturated heterocycles. The molecule has 4 heteroatoms. The van der Waals surface area contributed by atoms with E-state index in [4.69, 9.17) is 4.42 Å². The summed E-state index contributed by atoms with van der Waals surface area (Å²) in [4.78, 5) is 6.94. The second-order valence-corrected chi connectivity index (χ2v) is 5.60. The van der Waals surface area contributed by atoms with Gasteiger partial charge in [-0.15, -0.1) is 0 Å². The summed E-state index contributed by atoms with van der Waals surface area (Å²) in [5.74, 6) is 2.05. The Balaban J connectivity index is 1.67. The van der Waals surface area contributed by atoms with Gasteiger partial charge in [0.25, 0.3) is 0 Å². The standard InChI is InChI=1S/C16H21N3O/c1-13(10-15-4-3-9-20-15)11-19(14-5-6-14)12-16-17-7-8-18(16)2/h3-4,7-10,14H,5-6,11-12H2,1-2H3/b13-10+. The molecule has 1 saturated carbocycles. The summed E-state index contributed by atoms with van der Waals surface area (Å²) < 4.78 is 7.47. The lowest BCUT2D eigenvalue weighted by atomic mass is 10.2. The molecule has 3 rings (SSSR count). The predicted octanol–water partition coefficient (Wildman–Crippen LogP) is 3.08. The van der Waals surface area contributed by atoms with Crippen molar-refractivity contribution in [3.05, 3.63) is 47.9 Å². The van der Waals surface area contributed by atoms with Gasteiger partial charge in [-0.25, -0.2) is 4.98 Å². The SMILES string of the molecule is C/C(=C\c1ccco1)CN(Cc1nccn1C)C1CC1. The minimum atomic E-state index is 0.714. The van der Waals surface area contributed by atoms with Gasteiger partial charge in [-0.1, -0.05) is 5.57 Å². The van der Waals surface area contributed by atoms with Crippen LogP contribution in [-0.4, -0.2) is 27.0 Å². The predicted molar refractivity (Wildman–Crippen MR) is 79.0 cm³/mol. The molecular formula is C16H21N3O. The summed E-state index contributed by atoms with van der Waals surface area (Å²) in [7, 11) is 2.05. The Morgan fingerprint density at radius 2 is 2.40 bits per heavy atom. The Kier molecular flexibility index (Phi) is 3.74. The molecule has 2 heterocycles. The van der Waals surface area contributed by atoms with Gasteiger partial charge < -0.3 is 8.98 Å². The number of rotatable bonds is 6. The number of aryl methyl sites for hydroxylation is 1. The minimum Gasteiger partial charge on any atom is -0.465 e. The average Bonchev–Trinajstić information content (AvgIpc) is 3.01. The fourth-order valence-electron chi connectivity index (χ4n) is 2.47. The van der Waals surface area contributed by atoms with Crippen molar-refractivity contribution in [1.29, 1.82) is 0 Å². The number of imidazole rings is 1. The number of hydrogen-bond donors (Lipinski definition) is 0. The summed E-state index contributed by atoms with van der Waals surface area (Å²) >= 11 is 0. The van der Waals surface area contributed by atoms with E-state index in [-0.39, 0.29) is 0 Å². The quantitative estimate of drug-likeness (QED) is 0.809. The van der Waals surface area contributed by atoms with Crippen molar-refractivity contribution in [3.8, 4) is 0 Å². The van der Waals surface area contributed by atoms with Crippen molar-refractivity contribution in [2.75, 3.05) is 6.54 Å². The van der Waals surface area contributed by atoms with E-state index in [1.807, 2.05) is 24.5 Å². The number of furan rings is 1. The van der Waals surface area contributed by atoms with Gasteiger partial charge in [0.1, 0.15) is 11.6 Å². The first-order valence-corrected chi connectivity index (χ1v) is 7.13. The molecule has 1 aliphatic carbocycles. The van der Waals surface area contributed by atoms with Crippen molar-refractivity contribution in [2.24, 2.45) is 7.05 Å². The van der Waals surface area contributed by atoms with Crippen LogP contribution < -0.4 is 0 Å². The van der Waals surface area contributed by atoms with E-state index < -0.39 is 0 Å². The lowest BCUT2D eigenvalue weighted by Gasteiger charge is -2.22. The summed E-state index contributed by atoms with van der Waals surface area (Å²) in [6.07, 6.45) is 10.3. The van der Waals surface area contributed by atoms with Crippen molar-refractivity contribution in [3.63, 3.8) is 0 Å². The van der Waals surface area contributed by atoms with Crippen LogP contribution in [0.25, 0.3) is 6.08 Å². The number of aromatic nitrogens is 2. The van der Waals surface area contributed by atoms with Crippen LogP contribution in [0.1, 0.15) is 31.4 Å². The van der Waals surface area contributed by atoms with Crippen LogP contribution in [0.15, 0.2) is 40.8 Å². The zero-order valence-electron chi connectivity index (χ0n) is 12.1. The first-order chi connectivity index (χ1) is 9.72. The zero-order valence-corrected chi connectivity index (χ0v) is 12.1. The van der Waals surface area contributed by atoms with Crippen LogP contribution in [-0.2, 0) is 13.6 Å². The lowest BCUT2D eigenvalue weighted by Crippen LogP contribution is -2.28. The Hall–Kier alpha value is -1.81. The highest BCUT2D eigenvalue weighted by molar-refractivity contribution is 5.46. The normalized spacial score (nSPS) is 16.1. The van der Waals surface area contributed by atoms with E-state index in [0.29, 0.717) is 6.04 Å². The molecule has 2 aromatic rings. The highest BCUT2D eigenvalue weighted by Gasteiger charge is 2.29. The third-order valence-corrected chi connectivity index (χ3v) is 3.71. The van der Waals surface area contributed by atoms with Gasteiger partial charge >= 0.3 is 0 Å². The molecule has 0 unspecified atom stereocenters. The van der Waals surface area contributed by atoms with Crippen LogP contribution in [0.4, 0.5) is 0 Å². The van der Waals surface area contributed by atoms with Crippen LogP contribution >= 0.6 is 0 Å². The zero-order chi connectivity index (χ0) is 13.9. The molecule has 0 N–H and O–H groups in total. The number of nitrogens with zero attached hydrogens (tertiary/aromatic N) is 3. The van der Waals surface area contributed by atoms with Crippen molar-refractivity contribution in [1.82, 2.24) is 14.5 Å². The van der Waals surface area contributed by atoms with Gasteiger partial charge in [-0.2, -0.15) is 0 Å². The highest BCUT2D eigenvalue weighted by Crippen LogP contribution is 2.29. The van der Waals surface area contributed by atoms with Gasteiger partial charge in [0.15, 0.2) is 0 Å². The highest BCUT2D eigenvalue weighted by atomic mass is 16.3. The Morgan fingerprint density at radius 3 is 3.00 bits per heavy atom. The summed E-state index contributed by atoms with van der Waals surface area (Å²) in [6, 6.07) is 4.63. The second kappa shape index (κ2) is 5.67. The van der Waals surface area contributed by atoms with Gasteiger partial charge in [0.05, 0.1) is 12.8 Å². The van der Waals surface area contributed by atoms with Gasteiger partial charge in [0.2, 0.25) is 0 Å². The third-order valence-electron chi connectivity index (χ3n) is 3.71. The minimum absolute atomic E-state index is 0.714. The van der Waals surface area contributed by atoms with E-state index in [2.05, 4.69) is 34.5 Å². The average molecular weight is 271 g/mol. The molecule has 2 aromatic heterocycles. The molecule has 0 aromatic carbocycles. The van der Waals surface area contributed by atoms with E-state index in [0.717, 1.165) is 24.7 Å². The third kappa shape index (κ3) is 3.20. The fourth-order valence-corrected chi connectivity index (χ4v) is 2.47. The summed E-state index contributed by atoms with van der Waals surface area (Å²) in [6.45, 7) is 4.05. The van der Waals surface area contributed by atoms with E-state index >= 15 is 0 Å². The maximum atomic E-state index is 5.38. The largest absolute Gasteiger partial charge is 0.465 e. The first kappa shape index (κ1) is 13.2. The lowest BCUT2D eigenvalue weighted by molar-refractivity contribution is 0.268. The van der Waals surface area contributed by atoms with Crippen molar-refractivity contribution < 1.29 is 4.42 Å². The molecule has 0 spiro atoms. The number of hydrogen-bond acceptors (Lipinski definition) is 3. The molecule has 0 amide bonds. The molecular weight excluding hydrogens is 250 g/mol. The molecule has 0 aliphatic heterocycles. The Bertz CT molecular complexity index is 579. The Labute approximate surface area is 119 Å². The summed E-state index contributed by atoms with van der Waals surface area (Å²) in [5.41, 5.74) is 1.32. The van der Waals surface area contributed by atoms with Crippen molar-refractivity contribution in [2.45, 2.75) is 32.4 Å². The monoisotopic (exact) mass is 271 g/mol. The maximum Gasteiger partial charge on any atom is 0.126 e. The Morgan fingerprint density at radius 1 is 1.55 bits per heavy atom. The smallest absolute Gasteiger partial charge is 0.126 e. The van der Waals surface area contributed by atoms with Crippen LogP contribution in [0, 0.1) is 0 Å². The van der Waals surface area contributed by atoms with Crippen LogP contribution in [0.3, 0.4) is 0 Å². The molecule has 106 valence electrons. The van der Waals surface area contributed by atoms with E-state index in [1.54, 1.807) is 6.26 Å². The van der Waals surface area contributed by atoms with Crippen molar-refractivity contribution >= 4 is 6.08 Å². The maximum absolute atomic E-state index is 5.38. The van der Waals surface area contributed by atoms with Crippen LogP contribution in [0.2, 0.25) is 0 Å². The first-order valence-electron chi connectivity index (χ1n) is 7.13. The molecule has 1 fully saturated rings. The molecule has 0 atom stereocenters. The molecule has 0 radical (unpaired) electrons.